The molecule has 0 aliphatic carbocycles. The molecule has 1 N–H and O–H groups in total. The van der Waals surface area contributed by atoms with E-state index in [9.17, 15) is 0 Å². The molecule has 0 aromatic carbocycles. The van der Waals surface area contributed by atoms with Crippen LogP contribution >= 0.6 is 0 Å². The van der Waals surface area contributed by atoms with Crippen LogP contribution in [-0.4, -0.2) is 61.7 Å². The highest BCUT2D eigenvalue weighted by molar-refractivity contribution is 4.91. The second kappa shape index (κ2) is 7.05. The molecule has 0 spiro atoms. The molecule has 0 radical (unpaired) electrons. The van der Waals surface area contributed by atoms with E-state index in [0.717, 1.165) is 5.92 Å². The van der Waals surface area contributed by atoms with Crippen LogP contribution in [0.15, 0.2) is 0 Å². The molecule has 0 aromatic rings. The number of hydrogen-bond donors (Lipinski definition) is 1. The molecule has 3 nitrogen and oxygen atoms in total. The standard InChI is InChI=1S/C16H33N3/c1-4-16(5-2)14-19(11-7-9-17-16)13-15-8-6-10-18(3)12-15/h15,17H,4-14H2,1-3H3. The predicted octanol–water partition coefficient (Wildman–Crippen LogP) is 2.18. The third-order valence-corrected chi connectivity index (χ3v) is 5.27. The fourth-order valence-electron chi connectivity index (χ4n) is 3.89. The molecule has 19 heavy (non-hydrogen) atoms. The Bertz CT molecular complexity index is 263. The molecule has 2 saturated heterocycles. The average Bonchev–Trinajstić information content (AvgIpc) is 2.62. The predicted molar refractivity (Wildman–Crippen MR) is 82.6 cm³/mol. The monoisotopic (exact) mass is 267 g/mol. The van der Waals surface area contributed by atoms with Crippen molar-refractivity contribution >= 4 is 0 Å². The molecule has 2 rings (SSSR count). The highest BCUT2D eigenvalue weighted by Crippen LogP contribution is 2.22. The zero-order valence-electron chi connectivity index (χ0n) is 13.2. The largest absolute Gasteiger partial charge is 0.310 e. The van der Waals surface area contributed by atoms with Crippen molar-refractivity contribution in [1.29, 1.82) is 0 Å². The van der Waals surface area contributed by atoms with Crippen molar-refractivity contribution < 1.29 is 0 Å². The summed E-state index contributed by atoms with van der Waals surface area (Å²) in [6.45, 7) is 12.3. The molecule has 0 saturated carbocycles. The second-order valence-corrected chi connectivity index (χ2v) is 6.77. The van der Waals surface area contributed by atoms with Crippen LogP contribution in [0.4, 0.5) is 0 Å². The Morgan fingerprint density at radius 3 is 2.63 bits per heavy atom. The van der Waals surface area contributed by atoms with Crippen molar-refractivity contribution in [2.75, 3.05) is 46.3 Å². The summed E-state index contributed by atoms with van der Waals surface area (Å²) < 4.78 is 0. The van der Waals surface area contributed by atoms with Gasteiger partial charge in [0.1, 0.15) is 0 Å². The van der Waals surface area contributed by atoms with E-state index in [1.165, 1.54) is 71.4 Å². The van der Waals surface area contributed by atoms with Gasteiger partial charge >= 0.3 is 0 Å². The van der Waals surface area contributed by atoms with Gasteiger partial charge in [-0.25, -0.2) is 0 Å². The van der Waals surface area contributed by atoms with Crippen molar-refractivity contribution in [1.82, 2.24) is 15.1 Å². The van der Waals surface area contributed by atoms with Crippen molar-refractivity contribution in [3.05, 3.63) is 0 Å². The van der Waals surface area contributed by atoms with Crippen LogP contribution in [0.3, 0.4) is 0 Å². The summed E-state index contributed by atoms with van der Waals surface area (Å²) >= 11 is 0. The first-order chi connectivity index (χ1) is 9.17. The van der Waals surface area contributed by atoms with Crippen LogP contribution in [0.2, 0.25) is 0 Å². The molecule has 2 aliphatic heterocycles. The topological polar surface area (TPSA) is 18.5 Å². The number of hydrogen-bond acceptors (Lipinski definition) is 3. The summed E-state index contributed by atoms with van der Waals surface area (Å²) in [6, 6.07) is 0. The lowest BCUT2D eigenvalue weighted by Gasteiger charge is -2.38. The molecular weight excluding hydrogens is 234 g/mol. The van der Waals surface area contributed by atoms with Crippen LogP contribution in [-0.2, 0) is 0 Å². The van der Waals surface area contributed by atoms with Gasteiger partial charge in [-0.05, 0) is 64.7 Å². The van der Waals surface area contributed by atoms with Gasteiger partial charge in [-0.15, -0.1) is 0 Å². The molecule has 3 heteroatoms. The molecule has 1 atom stereocenters. The van der Waals surface area contributed by atoms with E-state index in [-0.39, 0.29) is 0 Å². The highest BCUT2D eigenvalue weighted by Gasteiger charge is 2.31. The first kappa shape index (κ1) is 15.3. The number of nitrogens with one attached hydrogen (secondary N) is 1. The quantitative estimate of drug-likeness (QED) is 0.842. The van der Waals surface area contributed by atoms with Gasteiger partial charge in [-0.2, -0.15) is 0 Å². The zero-order chi connectivity index (χ0) is 13.7. The van der Waals surface area contributed by atoms with Gasteiger partial charge in [0.15, 0.2) is 0 Å². The Balaban J connectivity index is 1.91. The number of nitrogens with zero attached hydrogens (tertiary/aromatic N) is 2. The van der Waals surface area contributed by atoms with E-state index < -0.39 is 0 Å². The van der Waals surface area contributed by atoms with Gasteiger partial charge < -0.3 is 15.1 Å². The minimum atomic E-state index is 0.372. The minimum absolute atomic E-state index is 0.372. The van der Waals surface area contributed by atoms with Gasteiger partial charge in [0.25, 0.3) is 0 Å². The van der Waals surface area contributed by atoms with Gasteiger partial charge in [0, 0.05) is 25.2 Å². The van der Waals surface area contributed by atoms with Gasteiger partial charge in [0.2, 0.25) is 0 Å². The molecular formula is C16H33N3. The summed E-state index contributed by atoms with van der Waals surface area (Å²) in [6.07, 6.45) is 6.64. The first-order valence-electron chi connectivity index (χ1n) is 8.33. The molecule has 2 fully saturated rings. The van der Waals surface area contributed by atoms with Crippen LogP contribution in [0.1, 0.15) is 46.0 Å². The van der Waals surface area contributed by atoms with E-state index >= 15 is 0 Å². The molecule has 112 valence electrons. The number of piperidine rings is 1. The van der Waals surface area contributed by atoms with Crippen molar-refractivity contribution in [2.45, 2.75) is 51.5 Å². The van der Waals surface area contributed by atoms with E-state index in [4.69, 9.17) is 0 Å². The van der Waals surface area contributed by atoms with Crippen LogP contribution in [0, 0.1) is 5.92 Å². The lowest BCUT2D eigenvalue weighted by Crippen LogP contribution is -2.51. The van der Waals surface area contributed by atoms with E-state index in [1.807, 2.05) is 0 Å². The van der Waals surface area contributed by atoms with Crippen molar-refractivity contribution in [2.24, 2.45) is 5.92 Å². The molecule has 2 aliphatic rings. The van der Waals surface area contributed by atoms with Gasteiger partial charge in [0.05, 0.1) is 0 Å². The fourth-order valence-corrected chi connectivity index (χ4v) is 3.89. The normalized spacial score (nSPS) is 30.2. The molecule has 0 amide bonds. The summed E-state index contributed by atoms with van der Waals surface area (Å²) in [5.41, 5.74) is 0.372. The number of likely N-dealkylation sites (tertiary alicyclic amines) is 1. The Morgan fingerprint density at radius 1 is 1.16 bits per heavy atom. The molecule has 1 unspecified atom stereocenters. The average molecular weight is 267 g/mol. The van der Waals surface area contributed by atoms with Crippen LogP contribution < -0.4 is 5.32 Å². The molecule has 0 bridgehead atoms. The second-order valence-electron chi connectivity index (χ2n) is 6.77. The summed E-state index contributed by atoms with van der Waals surface area (Å²) in [5, 5.41) is 3.82. The highest BCUT2D eigenvalue weighted by atomic mass is 15.2. The third-order valence-electron chi connectivity index (χ3n) is 5.27. The van der Waals surface area contributed by atoms with Crippen molar-refractivity contribution in [3.63, 3.8) is 0 Å². The summed E-state index contributed by atoms with van der Waals surface area (Å²) in [4.78, 5) is 5.26. The smallest absolute Gasteiger partial charge is 0.0303 e. The van der Waals surface area contributed by atoms with Gasteiger partial charge in [-0.1, -0.05) is 13.8 Å². The SMILES string of the molecule is CCC1(CC)CN(CC2CCCN(C)C2)CCCN1. The fraction of sp³-hybridized carbons (Fsp3) is 1.00. The van der Waals surface area contributed by atoms with Gasteiger partial charge in [-0.3, -0.25) is 0 Å². The number of rotatable bonds is 4. The van der Waals surface area contributed by atoms with E-state index in [0.29, 0.717) is 5.54 Å². The maximum atomic E-state index is 3.82. The first-order valence-corrected chi connectivity index (χ1v) is 8.33. The lowest BCUT2D eigenvalue weighted by molar-refractivity contribution is 0.131. The maximum Gasteiger partial charge on any atom is 0.0303 e. The zero-order valence-corrected chi connectivity index (χ0v) is 13.2. The lowest BCUT2D eigenvalue weighted by atomic mass is 9.91. The molecule has 0 aromatic heterocycles. The summed E-state index contributed by atoms with van der Waals surface area (Å²) in [5.74, 6) is 0.892. The Labute approximate surface area is 119 Å². The van der Waals surface area contributed by atoms with E-state index in [1.54, 1.807) is 0 Å². The third kappa shape index (κ3) is 4.17. The summed E-state index contributed by atoms with van der Waals surface area (Å²) in [7, 11) is 2.28. The van der Waals surface area contributed by atoms with Crippen molar-refractivity contribution in [3.8, 4) is 0 Å². The Kier molecular flexibility index (Phi) is 5.67. The van der Waals surface area contributed by atoms with E-state index in [2.05, 4.69) is 36.0 Å². The molecule has 2 heterocycles. The Morgan fingerprint density at radius 2 is 1.95 bits per heavy atom. The van der Waals surface area contributed by atoms with Crippen LogP contribution in [0.5, 0.6) is 0 Å². The minimum Gasteiger partial charge on any atom is -0.310 e. The van der Waals surface area contributed by atoms with Crippen LogP contribution in [0.25, 0.3) is 0 Å². The maximum absolute atomic E-state index is 3.82. The Hall–Kier alpha value is -0.120.